The van der Waals surface area contributed by atoms with Crippen molar-refractivity contribution in [1.29, 1.82) is 0 Å². The Bertz CT molecular complexity index is 2390. The van der Waals surface area contributed by atoms with Gasteiger partial charge in [0.05, 0.1) is 15.9 Å². The van der Waals surface area contributed by atoms with Crippen LogP contribution in [-0.2, 0) is 30.4 Å². The van der Waals surface area contributed by atoms with E-state index in [2.05, 4.69) is 25.4 Å². The number of azo groups is 2. The summed E-state index contributed by atoms with van der Waals surface area (Å²) in [6.45, 7) is 1.55. The minimum atomic E-state index is -5.03. The molecule has 0 unspecified atom stereocenters. The fourth-order valence-electron chi connectivity index (χ4n) is 4.34. The Kier molecular flexibility index (Phi) is 7.82. The molecule has 0 fully saturated rings. The lowest BCUT2D eigenvalue weighted by atomic mass is 10.1. The van der Waals surface area contributed by atoms with E-state index in [1.54, 1.807) is 25.1 Å². The Balaban J connectivity index is 1.58. The van der Waals surface area contributed by atoms with E-state index < -0.39 is 51.6 Å². The molecule has 0 aliphatic carbocycles. The summed E-state index contributed by atoms with van der Waals surface area (Å²) >= 11 is 1.05. The maximum Gasteiger partial charge on any atom is 0.296 e. The Labute approximate surface area is 253 Å². The quantitative estimate of drug-likeness (QED) is 0.115. The van der Waals surface area contributed by atoms with Crippen molar-refractivity contribution in [2.45, 2.75) is 21.6 Å². The normalized spacial score (nSPS) is 13.1. The van der Waals surface area contributed by atoms with Crippen LogP contribution >= 0.6 is 11.3 Å². The number of hydrogen-bond donors (Lipinski definition) is 4. The number of fused-ring (bicyclic) bond motifs is 2. The first kappa shape index (κ1) is 31.2. The number of benzene rings is 4. The second kappa shape index (κ2) is 11.0. The lowest BCUT2D eigenvalue weighted by Gasteiger charge is -2.11. The molecule has 5 rings (SSSR count). The van der Waals surface area contributed by atoms with Crippen molar-refractivity contribution in [3.8, 4) is 16.3 Å². The van der Waals surface area contributed by atoms with Crippen LogP contribution in [0.25, 0.3) is 31.6 Å². The van der Waals surface area contributed by atoms with Gasteiger partial charge in [-0.3, -0.25) is 13.7 Å². The van der Waals surface area contributed by atoms with Gasteiger partial charge < -0.3 is 5.11 Å². The Morgan fingerprint density at radius 1 is 0.773 bits per heavy atom. The van der Waals surface area contributed by atoms with Crippen LogP contribution in [0.5, 0.6) is 5.75 Å². The molecule has 4 N–H and O–H groups in total. The summed E-state index contributed by atoms with van der Waals surface area (Å²) in [5.74, 6) is -0.788. The average Bonchev–Trinajstić information content (AvgIpc) is 3.35. The first-order valence-corrected chi connectivity index (χ1v) is 17.1. The van der Waals surface area contributed by atoms with Crippen molar-refractivity contribution in [2.75, 3.05) is 7.05 Å². The predicted molar refractivity (Wildman–Crippen MR) is 159 cm³/mol. The number of hydrogen-bond acceptors (Lipinski definition) is 13. The maximum atomic E-state index is 12.2. The van der Waals surface area contributed by atoms with Gasteiger partial charge in [-0.15, -0.1) is 16.5 Å². The van der Waals surface area contributed by atoms with E-state index in [-0.39, 0.29) is 31.7 Å². The Morgan fingerprint density at radius 2 is 1.41 bits per heavy atom. The van der Waals surface area contributed by atoms with Crippen LogP contribution in [0.2, 0.25) is 0 Å². The summed E-state index contributed by atoms with van der Waals surface area (Å²) in [6, 6.07) is 12.0. The molecule has 0 aliphatic heterocycles. The highest BCUT2D eigenvalue weighted by Gasteiger charge is 2.25. The Hall–Kier alpha value is -4.24. The van der Waals surface area contributed by atoms with E-state index >= 15 is 0 Å². The van der Waals surface area contributed by atoms with Crippen molar-refractivity contribution in [1.82, 2.24) is 4.98 Å². The van der Waals surface area contributed by atoms with Gasteiger partial charge in [0.2, 0.25) is 0 Å². The third-order valence-electron chi connectivity index (χ3n) is 6.24. The van der Waals surface area contributed by atoms with Crippen LogP contribution in [0.1, 0.15) is 5.56 Å². The standard InChI is InChI=1S/C25H19N5O10S4/c1-12-3-8-17-23(24(12)44(38,39)40)41-25(27-17)13-4-6-15(7-5-13)28-30-21-20(43(35,36)37)10-14-9-19(42(32,33)34)18(29-26-2)11-16(14)22(21)31/h3-11,31H,1-2H3,(H,32,33,34)(H,35,36,37)(H,38,39,40). The molecule has 0 spiro atoms. The van der Waals surface area contributed by atoms with Gasteiger partial charge >= 0.3 is 0 Å². The molecule has 0 amide bonds. The third-order valence-corrected chi connectivity index (χ3v) is 10.3. The van der Waals surface area contributed by atoms with Crippen molar-refractivity contribution >= 4 is 79.7 Å². The second-order valence-electron chi connectivity index (χ2n) is 9.16. The molecule has 19 heteroatoms. The van der Waals surface area contributed by atoms with E-state index in [9.17, 15) is 44.0 Å². The van der Waals surface area contributed by atoms with Gasteiger partial charge in [-0.1, -0.05) is 6.07 Å². The molecule has 4 aromatic carbocycles. The number of phenolic OH excluding ortho intramolecular Hbond substituents is 1. The fourth-order valence-corrected chi connectivity index (χ4v) is 7.95. The van der Waals surface area contributed by atoms with Gasteiger partial charge in [-0.05, 0) is 66.4 Å². The number of aromatic hydroxyl groups is 1. The number of rotatable bonds is 7. The molecule has 1 aromatic heterocycles. The summed E-state index contributed by atoms with van der Waals surface area (Å²) < 4.78 is 101. The van der Waals surface area contributed by atoms with Gasteiger partial charge in [-0.25, -0.2) is 4.98 Å². The summed E-state index contributed by atoms with van der Waals surface area (Å²) in [7, 11) is -13.1. The number of aromatic nitrogens is 1. The molecule has 0 aliphatic rings. The van der Waals surface area contributed by atoms with Crippen LogP contribution in [0, 0.1) is 6.92 Å². The highest BCUT2D eigenvalue weighted by molar-refractivity contribution is 7.86. The van der Waals surface area contributed by atoms with E-state index in [0.717, 1.165) is 29.5 Å². The highest BCUT2D eigenvalue weighted by Crippen LogP contribution is 2.44. The van der Waals surface area contributed by atoms with Gasteiger partial charge in [0.25, 0.3) is 30.4 Å². The van der Waals surface area contributed by atoms with Gasteiger partial charge in [0.15, 0.2) is 5.75 Å². The zero-order valence-electron chi connectivity index (χ0n) is 22.3. The van der Waals surface area contributed by atoms with Crippen molar-refractivity contribution in [3.05, 3.63) is 60.2 Å². The van der Waals surface area contributed by atoms with Gasteiger partial charge in [0, 0.05) is 18.0 Å². The monoisotopic (exact) mass is 677 g/mol. The largest absolute Gasteiger partial charge is 0.505 e. The first-order chi connectivity index (χ1) is 20.5. The van der Waals surface area contributed by atoms with Crippen LogP contribution in [0.15, 0.2) is 89.7 Å². The number of nitrogens with zero attached hydrogens (tertiary/aromatic N) is 5. The zero-order chi connectivity index (χ0) is 32.2. The molecule has 15 nitrogen and oxygen atoms in total. The SMILES string of the molecule is CN=Nc1cc2c(O)c(N=Nc3ccc(-c4nc5ccc(C)c(S(=O)(=O)O)c5s4)cc3)c(S(=O)(=O)O)cc2cc1S(=O)(=O)O. The zero-order valence-corrected chi connectivity index (χ0v) is 25.6. The molecule has 0 radical (unpaired) electrons. The lowest BCUT2D eigenvalue weighted by molar-refractivity contribution is 0.472. The van der Waals surface area contributed by atoms with E-state index in [4.69, 9.17) is 0 Å². The van der Waals surface area contributed by atoms with Crippen LogP contribution in [-0.4, -0.2) is 56.0 Å². The average molecular weight is 678 g/mol. The van der Waals surface area contributed by atoms with Crippen molar-refractivity contribution < 1.29 is 44.0 Å². The predicted octanol–water partition coefficient (Wildman–Crippen LogP) is 6.00. The minimum absolute atomic E-state index is 0.133. The van der Waals surface area contributed by atoms with Gasteiger partial charge in [0.1, 0.15) is 31.1 Å². The second-order valence-corrected chi connectivity index (χ2v) is 14.3. The number of phenols is 1. The fraction of sp³-hybridized carbons (Fsp3) is 0.0800. The van der Waals surface area contributed by atoms with Crippen LogP contribution < -0.4 is 0 Å². The highest BCUT2D eigenvalue weighted by atomic mass is 32.2. The first-order valence-electron chi connectivity index (χ1n) is 12.0. The van der Waals surface area contributed by atoms with Crippen LogP contribution in [0.4, 0.5) is 17.1 Å². The van der Waals surface area contributed by atoms with E-state index in [1.165, 1.54) is 25.2 Å². The molecule has 1 heterocycles. The molecule has 0 bridgehead atoms. The summed E-state index contributed by atoms with van der Waals surface area (Å²) in [4.78, 5) is 2.59. The summed E-state index contributed by atoms with van der Waals surface area (Å²) in [5, 5.41) is 25.9. The topological polar surface area (TPSA) is 246 Å². The van der Waals surface area contributed by atoms with Crippen molar-refractivity contribution in [2.24, 2.45) is 20.5 Å². The molecule has 5 aromatic rings. The maximum absolute atomic E-state index is 12.2. The number of aryl methyl sites for hydroxylation is 1. The van der Waals surface area contributed by atoms with Crippen molar-refractivity contribution in [3.63, 3.8) is 0 Å². The minimum Gasteiger partial charge on any atom is -0.505 e. The van der Waals surface area contributed by atoms with Gasteiger partial charge in [-0.2, -0.15) is 40.6 Å². The lowest BCUT2D eigenvalue weighted by Crippen LogP contribution is -2.01. The summed E-state index contributed by atoms with van der Waals surface area (Å²) in [6.07, 6.45) is 0. The smallest absolute Gasteiger partial charge is 0.296 e. The molecular weight excluding hydrogens is 659 g/mol. The van der Waals surface area contributed by atoms with E-state index in [1.807, 2.05) is 0 Å². The molecule has 0 saturated heterocycles. The van der Waals surface area contributed by atoms with E-state index in [0.29, 0.717) is 21.7 Å². The molecule has 44 heavy (non-hydrogen) atoms. The number of thiazole rings is 1. The van der Waals surface area contributed by atoms with Crippen LogP contribution in [0.3, 0.4) is 0 Å². The Morgan fingerprint density at radius 3 is 2.00 bits per heavy atom. The molecule has 228 valence electrons. The molecule has 0 atom stereocenters. The molecular formula is C25H19N5O10S4. The summed E-state index contributed by atoms with van der Waals surface area (Å²) in [5.41, 5.74) is 0.434. The third kappa shape index (κ3) is 5.93. The molecule has 0 saturated carbocycles.